The van der Waals surface area contributed by atoms with Gasteiger partial charge in [0.2, 0.25) is 0 Å². The summed E-state index contributed by atoms with van der Waals surface area (Å²) in [4.78, 5) is 6.85. The van der Waals surface area contributed by atoms with Gasteiger partial charge in [0.05, 0.1) is 5.84 Å². The maximum atomic E-state index is 6.42. The van der Waals surface area contributed by atoms with Crippen molar-refractivity contribution in [2.45, 2.75) is 56.4 Å². The highest BCUT2D eigenvalue weighted by Gasteiger charge is 2.36. The van der Waals surface area contributed by atoms with Gasteiger partial charge in [-0.3, -0.25) is 4.99 Å². The molecule has 1 saturated carbocycles. The van der Waals surface area contributed by atoms with Crippen LogP contribution < -0.4 is 5.73 Å². The summed E-state index contributed by atoms with van der Waals surface area (Å²) < 4.78 is 0. The molecule has 1 aliphatic carbocycles. The number of hydrogen-bond donors (Lipinski definition) is 1. The number of fused-ring (bicyclic) bond motifs is 1. The number of amidine groups is 1. The lowest BCUT2D eigenvalue weighted by atomic mass is 9.64. The zero-order valence-corrected chi connectivity index (χ0v) is 11.6. The first-order valence-corrected chi connectivity index (χ1v) is 7.01. The number of nitrogens with two attached hydrogens (primary N) is 1. The van der Waals surface area contributed by atoms with Gasteiger partial charge in [-0.05, 0) is 37.0 Å². The summed E-state index contributed by atoms with van der Waals surface area (Å²) in [5.74, 6) is 2.05. The second kappa shape index (κ2) is 5.01. The van der Waals surface area contributed by atoms with Crippen LogP contribution in [-0.4, -0.2) is 44.2 Å². The number of piperidine rings is 1. The number of rotatable bonds is 0. The second-order valence-corrected chi connectivity index (χ2v) is 6.22. The molecule has 3 atom stereocenters. The van der Waals surface area contributed by atoms with Gasteiger partial charge in [-0.1, -0.05) is 12.8 Å². The zero-order chi connectivity index (χ0) is 12.5. The summed E-state index contributed by atoms with van der Waals surface area (Å²) in [6.45, 7) is 0. The highest BCUT2D eigenvalue weighted by Crippen LogP contribution is 2.35. The monoisotopic (exact) mass is 235 g/mol. The van der Waals surface area contributed by atoms with Crippen molar-refractivity contribution in [3.63, 3.8) is 0 Å². The number of hydrogen-bond acceptors (Lipinski definition) is 2. The van der Waals surface area contributed by atoms with Crippen LogP contribution in [0.1, 0.15) is 44.9 Å². The van der Waals surface area contributed by atoms with Crippen LogP contribution in [-0.2, 0) is 0 Å². The molecule has 1 saturated heterocycles. The molecule has 0 spiro atoms. The minimum absolute atomic E-state index is 0.0467. The van der Waals surface area contributed by atoms with E-state index in [1.165, 1.54) is 44.4 Å². The Morgan fingerprint density at radius 1 is 1.41 bits per heavy atom. The Hall–Kier alpha value is -0.505. The molecule has 1 heterocycles. The topological polar surface area (TPSA) is 41.6 Å². The van der Waals surface area contributed by atoms with Crippen LogP contribution in [0.15, 0.2) is 4.99 Å². The maximum Gasteiger partial charge on any atom is 0.127 e. The minimum Gasteiger partial charge on any atom is -0.360 e. The van der Waals surface area contributed by atoms with E-state index in [-0.39, 0.29) is 5.44 Å². The van der Waals surface area contributed by atoms with Gasteiger partial charge in [-0.2, -0.15) is 0 Å². The van der Waals surface area contributed by atoms with Gasteiger partial charge < -0.3 is 10.6 Å². The fraction of sp³-hybridized carbons (Fsp3) is 0.923. The Balaban J connectivity index is 2.13. The van der Waals surface area contributed by atoms with E-state index in [2.05, 4.69) is 24.8 Å². The molecule has 2 fully saturated rings. The molecule has 2 aliphatic rings. The molecule has 96 valence electrons. The molecule has 0 aromatic heterocycles. The molecule has 1 aliphatic heterocycles. The molecule has 3 unspecified atom stereocenters. The molecule has 2 N–H and O–H groups in total. The Labute approximate surface area is 106 Å². The summed E-state index contributed by atoms with van der Waals surface area (Å²) in [5, 5.41) is 0. The molecular formula is C13H26BN3. The first-order chi connectivity index (χ1) is 8.03. The number of likely N-dealkylation sites (tertiary alicyclic amines) is 1. The normalized spacial score (nSPS) is 41.8. The van der Waals surface area contributed by atoms with Gasteiger partial charge in [0.15, 0.2) is 0 Å². The Morgan fingerprint density at radius 2 is 2.18 bits per heavy atom. The van der Waals surface area contributed by atoms with Crippen molar-refractivity contribution in [2.24, 2.45) is 16.6 Å². The van der Waals surface area contributed by atoms with Crippen LogP contribution in [0.25, 0.3) is 0 Å². The van der Waals surface area contributed by atoms with Crippen molar-refractivity contribution < 1.29 is 0 Å². The lowest BCUT2D eigenvalue weighted by molar-refractivity contribution is 0.161. The van der Waals surface area contributed by atoms with Gasteiger partial charge in [0, 0.05) is 26.6 Å². The molecular weight excluding hydrogens is 209 g/mol. The van der Waals surface area contributed by atoms with E-state index in [1.807, 2.05) is 7.05 Å². The molecule has 2 rings (SSSR count). The van der Waals surface area contributed by atoms with Crippen LogP contribution in [0.2, 0.25) is 0 Å². The highest BCUT2D eigenvalue weighted by molar-refractivity contribution is 6.15. The first kappa shape index (κ1) is 12.9. The van der Waals surface area contributed by atoms with Crippen LogP contribution >= 0.6 is 0 Å². The summed E-state index contributed by atoms with van der Waals surface area (Å²) in [5.41, 5.74) is 6.46. The molecule has 0 aromatic carbocycles. The Bertz CT molecular complexity index is 301. The lowest BCUT2D eigenvalue weighted by Crippen LogP contribution is -2.52. The largest absolute Gasteiger partial charge is 0.360 e. The molecule has 0 radical (unpaired) electrons. The third kappa shape index (κ3) is 2.84. The molecule has 0 aromatic rings. The van der Waals surface area contributed by atoms with Crippen LogP contribution in [0, 0.1) is 5.92 Å². The van der Waals surface area contributed by atoms with Gasteiger partial charge in [-0.15, -0.1) is 0 Å². The third-order valence-corrected chi connectivity index (χ3v) is 4.67. The maximum absolute atomic E-state index is 6.42. The van der Waals surface area contributed by atoms with Crippen molar-refractivity contribution >= 4 is 13.7 Å². The SMILES string of the molecule is BC1(N)CCCCC2C(CC/C(=N/C)N2C)C1. The van der Waals surface area contributed by atoms with Crippen LogP contribution in [0.3, 0.4) is 0 Å². The van der Waals surface area contributed by atoms with E-state index < -0.39 is 0 Å². The number of aliphatic imine (C=N–C) groups is 1. The average Bonchev–Trinajstić information content (AvgIpc) is 2.25. The van der Waals surface area contributed by atoms with E-state index >= 15 is 0 Å². The summed E-state index contributed by atoms with van der Waals surface area (Å²) in [7, 11) is 6.37. The van der Waals surface area contributed by atoms with Gasteiger partial charge in [0.1, 0.15) is 7.85 Å². The molecule has 0 bridgehead atoms. The molecule has 17 heavy (non-hydrogen) atoms. The Morgan fingerprint density at radius 3 is 2.88 bits per heavy atom. The lowest BCUT2D eigenvalue weighted by Gasteiger charge is -2.45. The van der Waals surface area contributed by atoms with Crippen molar-refractivity contribution in [3.05, 3.63) is 0 Å². The zero-order valence-electron chi connectivity index (χ0n) is 11.6. The first-order valence-electron chi connectivity index (χ1n) is 7.01. The van der Waals surface area contributed by atoms with E-state index in [0.29, 0.717) is 6.04 Å². The van der Waals surface area contributed by atoms with Crippen molar-refractivity contribution in [1.82, 2.24) is 4.90 Å². The minimum atomic E-state index is 0.0467. The second-order valence-electron chi connectivity index (χ2n) is 6.22. The molecule has 3 nitrogen and oxygen atoms in total. The standard InChI is InChI=1S/C13H26BN3/c1-16-12-7-6-10-9-13(14,15)8-4-3-5-11(10)17(12)2/h10-11H,3-9,14-15H2,1-2H3/b16-12-. The summed E-state index contributed by atoms with van der Waals surface area (Å²) in [6.07, 6.45) is 8.68. The van der Waals surface area contributed by atoms with Crippen LogP contribution in [0.4, 0.5) is 0 Å². The predicted molar refractivity (Wildman–Crippen MR) is 76.2 cm³/mol. The van der Waals surface area contributed by atoms with E-state index in [1.54, 1.807) is 0 Å². The number of nitrogens with zero attached hydrogens (tertiary/aromatic N) is 2. The molecule has 4 heteroatoms. The summed E-state index contributed by atoms with van der Waals surface area (Å²) >= 11 is 0. The average molecular weight is 235 g/mol. The molecule has 0 amide bonds. The fourth-order valence-corrected chi connectivity index (χ4v) is 3.71. The quantitative estimate of drug-likeness (QED) is 0.636. The van der Waals surface area contributed by atoms with Gasteiger partial charge in [-0.25, -0.2) is 0 Å². The highest BCUT2D eigenvalue weighted by atomic mass is 15.2. The third-order valence-electron chi connectivity index (χ3n) is 4.67. The van der Waals surface area contributed by atoms with Crippen molar-refractivity contribution in [1.29, 1.82) is 0 Å². The van der Waals surface area contributed by atoms with Crippen molar-refractivity contribution in [2.75, 3.05) is 14.1 Å². The van der Waals surface area contributed by atoms with Gasteiger partial charge >= 0.3 is 0 Å². The van der Waals surface area contributed by atoms with Gasteiger partial charge in [0.25, 0.3) is 0 Å². The van der Waals surface area contributed by atoms with Crippen LogP contribution in [0.5, 0.6) is 0 Å². The fourth-order valence-electron chi connectivity index (χ4n) is 3.71. The Kier molecular flexibility index (Phi) is 3.81. The summed E-state index contributed by atoms with van der Waals surface area (Å²) in [6, 6.07) is 0.672. The van der Waals surface area contributed by atoms with E-state index in [9.17, 15) is 0 Å². The predicted octanol–water partition coefficient (Wildman–Crippen LogP) is 0.977. The van der Waals surface area contributed by atoms with E-state index in [0.717, 1.165) is 12.3 Å². The van der Waals surface area contributed by atoms with E-state index in [4.69, 9.17) is 5.73 Å². The van der Waals surface area contributed by atoms with Crippen molar-refractivity contribution in [3.8, 4) is 0 Å². The smallest absolute Gasteiger partial charge is 0.127 e.